The van der Waals surface area contributed by atoms with Crippen molar-refractivity contribution in [3.8, 4) is 22.8 Å². The number of aromatic nitrogens is 6. The van der Waals surface area contributed by atoms with Crippen molar-refractivity contribution in [3.05, 3.63) is 60.4 Å². The van der Waals surface area contributed by atoms with Gasteiger partial charge < -0.3 is 15.2 Å². The third-order valence-corrected chi connectivity index (χ3v) is 8.61. The number of H-pyrrole nitrogens is 1. The predicted octanol–water partition coefficient (Wildman–Crippen LogP) is 4.98. The van der Waals surface area contributed by atoms with Gasteiger partial charge in [0.15, 0.2) is 11.6 Å². The molecule has 2 aliphatic heterocycles. The summed E-state index contributed by atoms with van der Waals surface area (Å²) in [6.07, 6.45) is 13.1. The van der Waals surface area contributed by atoms with Gasteiger partial charge in [0.05, 0.1) is 17.4 Å². The molecule has 5 aromatic rings. The molecule has 1 aliphatic carbocycles. The van der Waals surface area contributed by atoms with Crippen LogP contribution in [0, 0.1) is 5.82 Å². The van der Waals surface area contributed by atoms with Crippen LogP contribution in [0.2, 0.25) is 0 Å². The van der Waals surface area contributed by atoms with Crippen molar-refractivity contribution in [2.75, 3.05) is 18.0 Å². The quantitative estimate of drug-likeness (QED) is 0.355. The molecule has 2 N–H and O–H groups in total. The molecule has 2 atom stereocenters. The van der Waals surface area contributed by atoms with Gasteiger partial charge in [-0.15, -0.1) is 0 Å². The highest BCUT2D eigenvalue weighted by molar-refractivity contribution is 5.98. The number of anilines is 1. The third kappa shape index (κ3) is 3.34. The van der Waals surface area contributed by atoms with Crippen LogP contribution in [0.25, 0.3) is 44.7 Å². The number of hydrogen-bond donors (Lipinski definition) is 2. The van der Waals surface area contributed by atoms with Gasteiger partial charge in [-0.3, -0.25) is 9.97 Å². The minimum Gasteiger partial charge on any atom is -0.351 e. The first-order valence-electron chi connectivity index (χ1n) is 13.5. The lowest BCUT2D eigenvalue weighted by atomic mass is 9.79. The summed E-state index contributed by atoms with van der Waals surface area (Å²) in [4.78, 5) is 29.5. The van der Waals surface area contributed by atoms with Crippen LogP contribution in [0.15, 0.2) is 49.1 Å². The maximum Gasteiger partial charge on any atom is 0.163 e. The van der Waals surface area contributed by atoms with E-state index in [-0.39, 0.29) is 11.5 Å². The Morgan fingerprint density at radius 1 is 1.00 bits per heavy atom. The minimum absolute atomic E-state index is 0.266. The molecule has 7 heterocycles. The first kappa shape index (κ1) is 22.0. The number of rotatable bonds is 4. The summed E-state index contributed by atoms with van der Waals surface area (Å²) < 4.78 is 14.5. The molecule has 8 nitrogen and oxygen atoms in total. The van der Waals surface area contributed by atoms with Gasteiger partial charge in [0.1, 0.15) is 17.2 Å². The minimum atomic E-state index is -0.381. The Labute approximate surface area is 218 Å². The summed E-state index contributed by atoms with van der Waals surface area (Å²) in [6.45, 7) is 2.01. The van der Waals surface area contributed by atoms with Crippen LogP contribution in [0.5, 0.6) is 0 Å². The Morgan fingerprint density at radius 3 is 2.82 bits per heavy atom. The van der Waals surface area contributed by atoms with Crippen molar-refractivity contribution in [3.63, 3.8) is 0 Å². The predicted molar refractivity (Wildman–Crippen MR) is 144 cm³/mol. The van der Waals surface area contributed by atoms with Gasteiger partial charge in [-0.05, 0) is 68.0 Å². The van der Waals surface area contributed by atoms with Gasteiger partial charge in [0.2, 0.25) is 0 Å². The molecule has 9 heteroatoms. The summed E-state index contributed by atoms with van der Waals surface area (Å²) in [6, 6.07) is 7.77. The molecule has 2 unspecified atom stereocenters. The van der Waals surface area contributed by atoms with Gasteiger partial charge in [0, 0.05) is 53.6 Å². The Hall–Kier alpha value is -3.98. The standard InChI is InChI=1S/C29H27FN8/c30-20-5-2-9-33-26(20)22-13-18-17(6-10-34-27(18)35-22)28-36-23-15-31-14-19(16-3-1-4-16)25(23)29(37-28)38-12-8-21-24(38)7-11-32-21/h2,5-6,9-10,13-16,21,24,32H,1,3-4,7-8,11-12H2,(H,34,35). The second-order valence-corrected chi connectivity index (χ2v) is 10.7. The zero-order chi connectivity index (χ0) is 25.2. The van der Waals surface area contributed by atoms with Crippen LogP contribution in [0.1, 0.15) is 43.6 Å². The molecule has 0 bridgehead atoms. The van der Waals surface area contributed by atoms with Crippen molar-refractivity contribution in [2.24, 2.45) is 0 Å². The van der Waals surface area contributed by atoms with Gasteiger partial charge >= 0.3 is 0 Å². The highest BCUT2D eigenvalue weighted by Crippen LogP contribution is 2.44. The Balaban J connectivity index is 1.33. The summed E-state index contributed by atoms with van der Waals surface area (Å²) in [5.74, 6) is 1.79. The highest BCUT2D eigenvalue weighted by Gasteiger charge is 2.39. The van der Waals surface area contributed by atoms with E-state index in [0.29, 0.717) is 35.2 Å². The molecule has 0 radical (unpaired) electrons. The van der Waals surface area contributed by atoms with Crippen molar-refractivity contribution < 1.29 is 4.39 Å². The fourth-order valence-electron chi connectivity index (χ4n) is 6.51. The van der Waals surface area contributed by atoms with E-state index >= 15 is 0 Å². The van der Waals surface area contributed by atoms with E-state index in [4.69, 9.17) is 9.97 Å². The van der Waals surface area contributed by atoms with Crippen molar-refractivity contribution >= 4 is 27.8 Å². The number of nitrogens with zero attached hydrogens (tertiary/aromatic N) is 6. The zero-order valence-corrected chi connectivity index (χ0v) is 20.9. The fraction of sp³-hybridized carbons (Fsp3) is 0.345. The molecule has 38 heavy (non-hydrogen) atoms. The van der Waals surface area contributed by atoms with Crippen LogP contribution in [0.4, 0.5) is 10.2 Å². The maximum absolute atomic E-state index is 14.5. The first-order valence-corrected chi connectivity index (χ1v) is 13.5. The van der Waals surface area contributed by atoms with Crippen LogP contribution in [0.3, 0.4) is 0 Å². The first-order chi connectivity index (χ1) is 18.7. The van der Waals surface area contributed by atoms with Crippen LogP contribution < -0.4 is 10.2 Å². The Kier molecular flexibility index (Phi) is 4.95. The highest BCUT2D eigenvalue weighted by atomic mass is 19.1. The summed E-state index contributed by atoms with van der Waals surface area (Å²) in [5.41, 5.74) is 4.50. The second kappa shape index (κ2) is 8.52. The summed E-state index contributed by atoms with van der Waals surface area (Å²) in [5, 5.41) is 5.66. The fourth-order valence-corrected chi connectivity index (χ4v) is 6.51. The van der Waals surface area contributed by atoms with Crippen molar-refractivity contribution in [2.45, 2.75) is 50.1 Å². The summed E-state index contributed by atoms with van der Waals surface area (Å²) >= 11 is 0. The number of nitrogens with one attached hydrogen (secondary N) is 2. The molecular weight excluding hydrogens is 479 g/mol. The largest absolute Gasteiger partial charge is 0.351 e. The van der Waals surface area contributed by atoms with Gasteiger partial charge in [-0.2, -0.15) is 0 Å². The lowest BCUT2D eigenvalue weighted by Gasteiger charge is -2.30. The topological polar surface area (TPSA) is 95.5 Å². The monoisotopic (exact) mass is 506 g/mol. The molecule has 0 aromatic carbocycles. The van der Waals surface area contributed by atoms with E-state index in [1.54, 1.807) is 18.5 Å². The number of halogens is 1. The van der Waals surface area contributed by atoms with Crippen molar-refractivity contribution in [1.82, 2.24) is 35.2 Å². The SMILES string of the molecule is Fc1cccnc1-c1cc2c(-c3nc(N4CCC5NCCC54)c4c(C5CCC5)cncc4n3)ccnc2[nH]1. The molecular formula is C29H27FN8. The van der Waals surface area contributed by atoms with E-state index in [2.05, 4.69) is 30.2 Å². The normalized spacial score (nSPS) is 21.3. The number of aromatic amines is 1. The lowest BCUT2D eigenvalue weighted by molar-refractivity contribution is 0.421. The Morgan fingerprint density at radius 2 is 1.95 bits per heavy atom. The van der Waals surface area contributed by atoms with Gasteiger partial charge in [-0.25, -0.2) is 19.3 Å². The molecule has 5 aromatic heterocycles. The van der Waals surface area contributed by atoms with E-state index in [1.165, 1.54) is 30.9 Å². The maximum atomic E-state index is 14.5. The number of pyridine rings is 3. The molecule has 8 rings (SSSR count). The van der Waals surface area contributed by atoms with Crippen LogP contribution in [-0.2, 0) is 0 Å². The second-order valence-electron chi connectivity index (χ2n) is 10.7. The van der Waals surface area contributed by atoms with Crippen LogP contribution >= 0.6 is 0 Å². The average Bonchev–Trinajstić information content (AvgIpc) is 3.63. The molecule has 3 fully saturated rings. The molecule has 0 amide bonds. The molecule has 0 spiro atoms. The Bertz CT molecular complexity index is 1690. The van der Waals surface area contributed by atoms with E-state index < -0.39 is 0 Å². The summed E-state index contributed by atoms with van der Waals surface area (Å²) in [7, 11) is 0. The average molecular weight is 507 g/mol. The van der Waals surface area contributed by atoms with Gasteiger partial charge in [0.25, 0.3) is 0 Å². The smallest absolute Gasteiger partial charge is 0.163 e. The van der Waals surface area contributed by atoms with Crippen molar-refractivity contribution in [1.29, 1.82) is 0 Å². The third-order valence-electron chi connectivity index (χ3n) is 8.61. The van der Waals surface area contributed by atoms with E-state index in [9.17, 15) is 4.39 Å². The van der Waals surface area contributed by atoms with Gasteiger partial charge in [-0.1, -0.05) is 6.42 Å². The zero-order valence-electron chi connectivity index (χ0n) is 20.9. The van der Waals surface area contributed by atoms with E-state index in [1.807, 2.05) is 24.5 Å². The molecule has 3 aliphatic rings. The molecule has 1 saturated carbocycles. The molecule has 2 saturated heterocycles. The van der Waals surface area contributed by atoms with E-state index in [0.717, 1.165) is 53.6 Å². The lowest BCUT2D eigenvalue weighted by Crippen LogP contribution is -2.35. The number of hydrogen-bond acceptors (Lipinski definition) is 7. The van der Waals surface area contributed by atoms with Crippen LogP contribution in [-0.4, -0.2) is 55.1 Å². The number of fused-ring (bicyclic) bond motifs is 3. The molecule has 190 valence electrons.